The van der Waals surface area contributed by atoms with Crippen molar-refractivity contribution in [3.05, 3.63) is 57.5 Å². The van der Waals surface area contributed by atoms with Crippen molar-refractivity contribution in [2.24, 2.45) is 0 Å². The number of rotatable bonds is 4. The highest BCUT2D eigenvalue weighted by atomic mass is 79.9. The van der Waals surface area contributed by atoms with Crippen molar-refractivity contribution in [1.82, 2.24) is 15.3 Å². The summed E-state index contributed by atoms with van der Waals surface area (Å²) in [6.07, 6.45) is 5.17. The van der Waals surface area contributed by atoms with E-state index in [0.29, 0.717) is 5.02 Å². The monoisotopic (exact) mass is 325 g/mol. The molecular formula is C13H13BrClN3. The lowest BCUT2D eigenvalue weighted by atomic mass is 10.0. The lowest BCUT2D eigenvalue weighted by Gasteiger charge is -2.19. The number of nitrogens with one attached hydrogen (secondary N) is 1. The predicted octanol–water partition coefficient (Wildman–Crippen LogP) is 3.59. The van der Waals surface area contributed by atoms with Crippen LogP contribution in [0.15, 0.2) is 41.4 Å². The zero-order valence-electron chi connectivity index (χ0n) is 9.90. The Labute approximate surface area is 120 Å². The highest BCUT2D eigenvalue weighted by molar-refractivity contribution is 9.10. The van der Waals surface area contributed by atoms with Crippen LogP contribution in [0.25, 0.3) is 0 Å². The third-order valence-electron chi connectivity index (χ3n) is 2.60. The number of halogens is 2. The highest BCUT2D eigenvalue weighted by Gasteiger charge is 2.16. The Morgan fingerprint density at radius 1 is 1.33 bits per heavy atom. The first-order valence-electron chi connectivity index (χ1n) is 5.65. The second kappa shape index (κ2) is 6.27. The van der Waals surface area contributed by atoms with Gasteiger partial charge in [-0.2, -0.15) is 0 Å². The lowest BCUT2D eigenvalue weighted by molar-refractivity contribution is 0.624. The van der Waals surface area contributed by atoms with E-state index in [1.807, 2.05) is 30.6 Å². The molecule has 0 aliphatic rings. The van der Waals surface area contributed by atoms with Crippen molar-refractivity contribution in [3.63, 3.8) is 0 Å². The molecule has 18 heavy (non-hydrogen) atoms. The Hall–Kier alpha value is -0.970. The maximum Gasteiger partial charge on any atom is 0.115 e. The van der Waals surface area contributed by atoms with E-state index in [-0.39, 0.29) is 6.04 Å². The minimum Gasteiger partial charge on any atom is -0.306 e. The second-order valence-corrected chi connectivity index (χ2v) is 5.12. The van der Waals surface area contributed by atoms with Gasteiger partial charge in [0.25, 0.3) is 0 Å². The van der Waals surface area contributed by atoms with Crippen LogP contribution in [-0.2, 0) is 0 Å². The molecule has 0 fully saturated rings. The zero-order valence-corrected chi connectivity index (χ0v) is 12.2. The van der Waals surface area contributed by atoms with Crippen LogP contribution >= 0.6 is 27.5 Å². The van der Waals surface area contributed by atoms with E-state index in [2.05, 4.69) is 38.1 Å². The average Bonchev–Trinajstić information content (AvgIpc) is 2.38. The topological polar surface area (TPSA) is 37.8 Å². The number of aromatic nitrogens is 2. The van der Waals surface area contributed by atoms with Crippen LogP contribution in [-0.4, -0.2) is 16.5 Å². The van der Waals surface area contributed by atoms with Gasteiger partial charge in [0.05, 0.1) is 6.04 Å². The Bertz CT molecular complexity index is 519. The summed E-state index contributed by atoms with van der Waals surface area (Å²) >= 11 is 9.52. The fraction of sp³-hybridized carbons (Fsp3) is 0.231. The van der Waals surface area contributed by atoms with Crippen molar-refractivity contribution >= 4 is 27.5 Å². The van der Waals surface area contributed by atoms with Crippen molar-refractivity contribution < 1.29 is 0 Å². The summed E-state index contributed by atoms with van der Waals surface area (Å²) in [6.45, 7) is 2.93. The molecule has 5 heteroatoms. The standard InChI is InChI=1S/C13H13BrClN3/c1-2-18-13(9-6-16-8-17-7-9)11-4-3-10(15)5-12(11)14/h3-8,13,18H,2H2,1H3. The number of nitrogens with zero attached hydrogens (tertiary/aromatic N) is 2. The Morgan fingerprint density at radius 2 is 2.06 bits per heavy atom. The minimum absolute atomic E-state index is 0.0582. The number of hydrogen-bond donors (Lipinski definition) is 1. The van der Waals surface area contributed by atoms with Gasteiger partial charge in [0.1, 0.15) is 6.33 Å². The third-order valence-corrected chi connectivity index (χ3v) is 3.52. The molecule has 2 rings (SSSR count). The van der Waals surface area contributed by atoms with Crippen LogP contribution in [0.4, 0.5) is 0 Å². The quantitative estimate of drug-likeness (QED) is 0.933. The predicted molar refractivity (Wildman–Crippen MR) is 76.7 cm³/mol. The fourth-order valence-corrected chi connectivity index (χ4v) is 2.72. The second-order valence-electron chi connectivity index (χ2n) is 3.83. The van der Waals surface area contributed by atoms with Gasteiger partial charge in [0.2, 0.25) is 0 Å². The summed E-state index contributed by atoms with van der Waals surface area (Å²) in [6, 6.07) is 5.84. The largest absolute Gasteiger partial charge is 0.306 e. The molecule has 1 unspecified atom stereocenters. The van der Waals surface area contributed by atoms with Gasteiger partial charge in [0, 0.05) is 27.5 Å². The molecule has 1 N–H and O–H groups in total. The molecule has 3 nitrogen and oxygen atoms in total. The van der Waals surface area contributed by atoms with Gasteiger partial charge in [-0.3, -0.25) is 0 Å². The smallest absolute Gasteiger partial charge is 0.115 e. The van der Waals surface area contributed by atoms with E-state index < -0.39 is 0 Å². The molecule has 94 valence electrons. The van der Waals surface area contributed by atoms with Gasteiger partial charge in [-0.1, -0.05) is 40.5 Å². The van der Waals surface area contributed by atoms with E-state index >= 15 is 0 Å². The van der Waals surface area contributed by atoms with Crippen LogP contribution in [0, 0.1) is 0 Å². The molecular weight excluding hydrogens is 314 g/mol. The summed E-state index contributed by atoms with van der Waals surface area (Å²) in [7, 11) is 0. The fourth-order valence-electron chi connectivity index (χ4n) is 1.81. The minimum atomic E-state index is 0.0582. The third kappa shape index (κ3) is 3.07. The van der Waals surface area contributed by atoms with Gasteiger partial charge in [0.15, 0.2) is 0 Å². The molecule has 0 radical (unpaired) electrons. The maximum absolute atomic E-state index is 5.97. The van der Waals surface area contributed by atoms with Crippen LogP contribution < -0.4 is 5.32 Å². The van der Waals surface area contributed by atoms with Gasteiger partial charge in [-0.25, -0.2) is 9.97 Å². The normalized spacial score (nSPS) is 12.4. The first-order chi connectivity index (χ1) is 8.72. The lowest BCUT2D eigenvalue weighted by Crippen LogP contribution is -2.22. The molecule has 0 aliphatic carbocycles. The number of hydrogen-bond acceptors (Lipinski definition) is 3. The van der Waals surface area contributed by atoms with Gasteiger partial charge in [-0.15, -0.1) is 0 Å². The molecule has 0 saturated carbocycles. The van der Waals surface area contributed by atoms with E-state index in [4.69, 9.17) is 11.6 Å². The molecule has 0 aliphatic heterocycles. The Morgan fingerprint density at radius 3 is 2.67 bits per heavy atom. The Kier molecular flexibility index (Phi) is 4.69. The van der Waals surface area contributed by atoms with Crippen molar-refractivity contribution in [2.75, 3.05) is 6.54 Å². The van der Waals surface area contributed by atoms with Gasteiger partial charge in [-0.05, 0) is 24.2 Å². The van der Waals surface area contributed by atoms with Crippen LogP contribution in [0.1, 0.15) is 24.1 Å². The molecule has 0 spiro atoms. The molecule has 2 aromatic rings. The Balaban J connectivity index is 2.41. The van der Waals surface area contributed by atoms with E-state index in [0.717, 1.165) is 22.1 Å². The molecule has 0 saturated heterocycles. The maximum atomic E-state index is 5.97. The van der Waals surface area contributed by atoms with Crippen LogP contribution in [0.2, 0.25) is 5.02 Å². The summed E-state index contributed by atoms with van der Waals surface area (Å²) in [5.74, 6) is 0. The molecule has 1 aromatic heterocycles. The van der Waals surface area contributed by atoms with E-state index in [1.54, 1.807) is 0 Å². The summed E-state index contributed by atoms with van der Waals surface area (Å²) in [5, 5.41) is 4.14. The molecule has 1 heterocycles. The number of benzene rings is 1. The zero-order chi connectivity index (χ0) is 13.0. The summed E-state index contributed by atoms with van der Waals surface area (Å²) in [4.78, 5) is 8.14. The first-order valence-corrected chi connectivity index (χ1v) is 6.82. The van der Waals surface area contributed by atoms with Crippen molar-refractivity contribution in [3.8, 4) is 0 Å². The van der Waals surface area contributed by atoms with Crippen molar-refractivity contribution in [2.45, 2.75) is 13.0 Å². The molecule has 0 bridgehead atoms. The van der Waals surface area contributed by atoms with Crippen LogP contribution in [0.5, 0.6) is 0 Å². The SMILES string of the molecule is CCNC(c1cncnc1)c1ccc(Cl)cc1Br. The highest BCUT2D eigenvalue weighted by Crippen LogP contribution is 2.30. The summed E-state index contributed by atoms with van der Waals surface area (Å²) < 4.78 is 0.977. The van der Waals surface area contributed by atoms with Gasteiger partial charge >= 0.3 is 0 Å². The van der Waals surface area contributed by atoms with E-state index in [1.165, 1.54) is 6.33 Å². The van der Waals surface area contributed by atoms with Crippen molar-refractivity contribution in [1.29, 1.82) is 0 Å². The van der Waals surface area contributed by atoms with Crippen LogP contribution in [0.3, 0.4) is 0 Å². The molecule has 1 aromatic carbocycles. The molecule has 0 amide bonds. The molecule has 1 atom stereocenters. The van der Waals surface area contributed by atoms with Gasteiger partial charge < -0.3 is 5.32 Å². The average molecular weight is 327 g/mol. The van der Waals surface area contributed by atoms with E-state index in [9.17, 15) is 0 Å². The summed E-state index contributed by atoms with van der Waals surface area (Å²) in [5.41, 5.74) is 2.15. The first kappa shape index (κ1) is 13.5.